The van der Waals surface area contributed by atoms with Gasteiger partial charge in [0.25, 0.3) is 0 Å². The fourth-order valence-corrected chi connectivity index (χ4v) is 3.27. The Labute approximate surface area is 79.8 Å². The average Bonchev–Trinajstić information content (AvgIpc) is 2.34. The zero-order valence-corrected chi connectivity index (χ0v) is 8.46. The van der Waals surface area contributed by atoms with Crippen LogP contribution in [0.15, 0.2) is 24.3 Å². The van der Waals surface area contributed by atoms with Crippen LogP contribution in [-0.4, -0.2) is 27.9 Å². The molecule has 3 atom stereocenters. The van der Waals surface area contributed by atoms with Crippen LogP contribution in [0.2, 0.25) is 3.17 Å². The summed E-state index contributed by atoms with van der Waals surface area (Å²) in [5.74, 6) is 1.84. The fourth-order valence-electron chi connectivity index (χ4n) is 2.22. The first-order valence-electron chi connectivity index (χ1n) is 4.23. The van der Waals surface area contributed by atoms with Crippen molar-refractivity contribution in [2.24, 2.45) is 11.8 Å². The first-order chi connectivity index (χ1) is 4.88. The Balaban J connectivity index is 2.19. The van der Waals surface area contributed by atoms with Crippen molar-refractivity contribution >= 4 is 27.9 Å². The quantitative estimate of drug-likeness (QED) is 0.454. The van der Waals surface area contributed by atoms with Crippen LogP contribution >= 0.6 is 0 Å². The van der Waals surface area contributed by atoms with E-state index in [2.05, 4.69) is 24.3 Å². The van der Waals surface area contributed by atoms with Crippen molar-refractivity contribution in [3.05, 3.63) is 24.3 Å². The molecule has 0 aromatic heterocycles. The van der Waals surface area contributed by atoms with Gasteiger partial charge in [0.15, 0.2) is 0 Å². The Hall–Kier alpha value is 0.480. The molecule has 0 radical (unpaired) electrons. The van der Waals surface area contributed by atoms with E-state index in [1.54, 1.807) is 0 Å². The van der Waals surface area contributed by atoms with Gasteiger partial charge < -0.3 is 0 Å². The van der Waals surface area contributed by atoms with Crippen molar-refractivity contribution in [2.45, 2.75) is 16.0 Å². The second kappa shape index (κ2) is 2.84. The maximum absolute atomic E-state index is 2.41. The SMILES string of the molecule is [Na][CH]1CCC2C=CC=CC12. The van der Waals surface area contributed by atoms with Crippen LogP contribution in [-0.2, 0) is 0 Å². The van der Waals surface area contributed by atoms with Crippen molar-refractivity contribution < 1.29 is 0 Å². The van der Waals surface area contributed by atoms with E-state index in [9.17, 15) is 0 Å². The predicted octanol–water partition coefficient (Wildman–Crippen LogP) is 2.10. The van der Waals surface area contributed by atoms with Gasteiger partial charge in [-0.1, -0.05) is 0 Å². The van der Waals surface area contributed by atoms with Crippen LogP contribution in [0.1, 0.15) is 12.8 Å². The van der Waals surface area contributed by atoms with Gasteiger partial charge in [0, 0.05) is 0 Å². The molecule has 0 spiro atoms. The molecule has 0 heterocycles. The maximum atomic E-state index is 2.41. The summed E-state index contributed by atoms with van der Waals surface area (Å²) in [6.45, 7) is 0. The minimum atomic E-state index is 0.910. The van der Waals surface area contributed by atoms with Crippen molar-refractivity contribution in [3.8, 4) is 0 Å². The molecular formula is C9H11Na. The number of fused-ring (bicyclic) bond motifs is 1. The Morgan fingerprint density at radius 1 is 1.10 bits per heavy atom. The molecule has 0 saturated heterocycles. The fraction of sp³-hybridized carbons (Fsp3) is 0.556. The van der Waals surface area contributed by atoms with Crippen LogP contribution in [0, 0.1) is 11.8 Å². The van der Waals surface area contributed by atoms with Crippen LogP contribution in [0.4, 0.5) is 0 Å². The molecule has 1 heteroatoms. The molecule has 48 valence electrons. The monoisotopic (exact) mass is 142 g/mol. The molecule has 1 saturated carbocycles. The summed E-state index contributed by atoms with van der Waals surface area (Å²) in [4.78, 5) is 0. The molecule has 1 fully saturated rings. The molecule has 0 aromatic rings. The number of rotatable bonds is 0. The minimum absolute atomic E-state index is 0.910. The van der Waals surface area contributed by atoms with Gasteiger partial charge in [-0.3, -0.25) is 0 Å². The molecule has 0 aliphatic heterocycles. The summed E-state index contributed by atoms with van der Waals surface area (Å²) in [5, 5.41) is 0. The van der Waals surface area contributed by atoms with E-state index >= 15 is 0 Å². The molecule has 0 amide bonds. The summed E-state index contributed by atoms with van der Waals surface area (Å²) >= 11 is 1.39. The van der Waals surface area contributed by atoms with E-state index < -0.39 is 0 Å². The van der Waals surface area contributed by atoms with Gasteiger partial charge in [-0.05, 0) is 0 Å². The Bertz CT molecular complexity index is 181. The zero-order valence-electron chi connectivity index (χ0n) is 6.46. The second-order valence-corrected chi connectivity index (χ2v) is 5.05. The Kier molecular flexibility index (Phi) is 2.03. The van der Waals surface area contributed by atoms with E-state index in [4.69, 9.17) is 0 Å². The van der Waals surface area contributed by atoms with Gasteiger partial charge in [-0.25, -0.2) is 0 Å². The molecule has 2 rings (SSSR count). The molecule has 0 nitrogen and oxygen atoms in total. The standard InChI is InChI=1S/C9H11.Na/c1-2-5-9-7-3-6-8(9)4-1;/h1-2,4-6,8-9H,3,7H2;. The van der Waals surface area contributed by atoms with Crippen LogP contribution in [0.5, 0.6) is 0 Å². The molecule has 2 aliphatic carbocycles. The Morgan fingerprint density at radius 3 is 2.70 bits per heavy atom. The summed E-state index contributed by atoms with van der Waals surface area (Å²) in [5.41, 5.74) is 0. The van der Waals surface area contributed by atoms with Crippen LogP contribution in [0.3, 0.4) is 0 Å². The van der Waals surface area contributed by atoms with Gasteiger partial charge in [0.2, 0.25) is 0 Å². The third-order valence-corrected chi connectivity index (χ3v) is 4.26. The van der Waals surface area contributed by atoms with E-state index in [1.807, 2.05) is 0 Å². The van der Waals surface area contributed by atoms with Gasteiger partial charge in [0.05, 0.1) is 0 Å². The van der Waals surface area contributed by atoms with E-state index in [0.717, 1.165) is 15.0 Å². The number of hydrogen-bond acceptors (Lipinski definition) is 0. The number of hydrogen-bond donors (Lipinski definition) is 0. The van der Waals surface area contributed by atoms with E-state index in [-0.39, 0.29) is 0 Å². The zero-order chi connectivity index (χ0) is 6.97. The van der Waals surface area contributed by atoms with E-state index in [1.165, 1.54) is 40.8 Å². The summed E-state index contributed by atoms with van der Waals surface area (Å²) < 4.78 is 1.06. The van der Waals surface area contributed by atoms with Crippen molar-refractivity contribution in [1.82, 2.24) is 0 Å². The van der Waals surface area contributed by atoms with Gasteiger partial charge in [0.1, 0.15) is 0 Å². The van der Waals surface area contributed by atoms with Crippen molar-refractivity contribution in [1.29, 1.82) is 0 Å². The summed E-state index contributed by atoms with van der Waals surface area (Å²) in [6, 6.07) is 0. The molecule has 10 heavy (non-hydrogen) atoms. The van der Waals surface area contributed by atoms with Gasteiger partial charge in [-0.2, -0.15) is 0 Å². The molecule has 0 aromatic carbocycles. The molecule has 2 aliphatic rings. The predicted molar refractivity (Wildman–Crippen MR) is 44.0 cm³/mol. The first kappa shape index (κ1) is 7.15. The van der Waals surface area contributed by atoms with Gasteiger partial charge >= 0.3 is 80.1 Å². The van der Waals surface area contributed by atoms with Crippen molar-refractivity contribution in [2.75, 3.05) is 0 Å². The molecule has 0 N–H and O–H groups in total. The summed E-state index contributed by atoms with van der Waals surface area (Å²) in [7, 11) is 0. The van der Waals surface area contributed by atoms with Crippen LogP contribution < -0.4 is 0 Å². The average molecular weight is 142 g/mol. The third kappa shape index (κ3) is 1.13. The topological polar surface area (TPSA) is 0 Å². The first-order valence-corrected chi connectivity index (χ1v) is 5.38. The van der Waals surface area contributed by atoms with Crippen molar-refractivity contribution in [3.63, 3.8) is 0 Å². The molecule has 3 unspecified atom stereocenters. The van der Waals surface area contributed by atoms with E-state index in [0.29, 0.717) is 0 Å². The Morgan fingerprint density at radius 2 is 1.90 bits per heavy atom. The third-order valence-electron chi connectivity index (χ3n) is 2.91. The van der Waals surface area contributed by atoms with Crippen LogP contribution in [0.25, 0.3) is 0 Å². The normalized spacial score (nSPS) is 44.0. The van der Waals surface area contributed by atoms with Gasteiger partial charge in [-0.15, -0.1) is 0 Å². The summed E-state index contributed by atoms with van der Waals surface area (Å²) in [6.07, 6.45) is 12.2. The molecule has 0 bridgehead atoms. The number of allylic oxidation sites excluding steroid dienone is 4. The molecular weight excluding hydrogens is 131 g/mol. The second-order valence-electron chi connectivity index (χ2n) is 3.57.